The number of hydrogen-bond donors (Lipinski definition) is 1. The molecule has 0 aliphatic rings. The first kappa shape index (κ1) is 9.65. The molecule has 0 saturated heterocycles. The largest absolute Gasteiger partial charge is 0.329 e. The monoisotopic (exact) mass is 200 g/mol. The molecule has 2 aromatic rings. The molecule has 76 valence electrons. The van der Waals surface area contributed by atoms with Crippen LogP contribution in [0, 0.1) is 0 Å². The highest BCUT2D eigenvalue weighted by atomic mass is 16.1. The van der Waals surface area contributed by atoms with Crippen LogP contribution in [0.15, 0.2) is 30.3 Å². The van der Waals surface area contributed by atoms with Crippen LogP contribution in [0.4, 0.5) is 5.69 Å². The molecule has 0 radical (unpaired) electrons. The SMILES string of the molecule is CCc1ccc2cc(NC=O)ccc2n1. The highest BCUT2D eigenvalue weighted by Crippen LogP contribution is 2.17. The standard InChI is InChI=1S/C12H12N2O/c1-2-10-4-3-9-7-11(13-8-15)5-6-12(9)14-10/h3-8H,2H2,1H3,(H,13,15). The van der Waals surface area contributed by atoms with Gasteiger partial charge in [0.2, 0.25) is 6.41 Å². The summed E-state index contributed by atoms with van der Waals surface area (Å²) >= 11 is 0. The number of aryl methyl sites for hydroxylation is 1. The van der Waals surface area contributed by atoms with Gasteiger partial charge in [0, 0.05) is 16.8 Å². The lowest BCUT2D eigenvalue weighted by Gasteiger charge is -2.03. The first-order valence-corrected chi connectivity index (χ1v) is 4.93. The number of amides is 1. The quantitative estimate of drug-likeness (QED) is 0.773. The third kappa shape index (κ3) is 1.96. The molecular formula is C12H12N2O. The number of anilines is 1. The normalized spacial score (nSPS) is 10.2. The number of nitrogens with zero attached hydrogens (tertiary/aromatic N) is 1. The number of nitrogens with one attached hydrogen (secondary N) is 1. The lowest BCUT2D eigenvalue weighted by molar-refractivity contribution is -0.105. The molecule has 3 heteroatoms. The van der Waals surface area contributed by atoms with Crippen LogP contribution in [0.2, 0.25) is 0 Å². The molecule has 1 amide bonds. The third-order valence-corrected chi connectivity index (χ3v) is 2.33. The summed E-state index contributed by atoms with van der Waals surface area (Å²) in [5.41, 5.74) is 2.84. The van der Waals surface area contributed by atoms with E-state index in [0.717, 1.165) is 28.7 Å². The zero-order valence-electron chi connectivity index (χ0n) is 8.53. The van der Waals surface area contributed by atoms with E-state index in [1.807, 2.05) is 30.3 Å². The van der Waals surface area contributed by atoms with E-state index in [1.165, 1.54) is 0 Å². The van der Waals surface area contributed by atoms with Gasteiger partial charge < -0.3 is 5.32 Å². The number of carbonyl (C=O) groups is 1. The predicted molar refractivity (Wildman–Crippen MR) is 60.8 cm³/mol. The van der Waals surface area contributed by atoms with Gasteiger partial charge in [-0.15, -0.1) is 0 Å². The van der Waals surface area contributed by atoms with E-state index in [0.29, 0.717) is 6.41 Å². The van der Waals surface area contributed by atoms with Crippen molar-refractivity contribution in [2.45, 2.75) is 13.3 Å². The van der Waals surface area contributed by atoms with Gasteiger partial charge in [-0.2, -0.15) is 0 Å². The Hall–Kier alpha value is -1.90. The van der Waals surface area contributed by atoms with E-state index in [9.17, 15) is 4.79 Å². The zero-order valence-corrected chi connectivity index (χ0v) is 8.53. The van der Waals surface area contributed by atoms with Gasteiger partial charge in [0.05, 0.1) is 5.52 Å². The van der Waals surface area contributed by atoms with Crippen LogP contribution in [0.1, 0.15) is 12.6 Å². The molecule has 3 nitrogen and oxygen atoms in total. The lowest BCUT2D eigenvalue weighted by Crippen LogP contribution is -1.94. The Morgan fingerprint density at radius 3 is 2.93 bits per heavy atom. The minimum Gasteiger partial charge on any atom is -0.329 e. The first-order chi connectivity index (χ1) is 7.33. The van der Waals surface area contributed by atoms with E-state index >= 15 is 0 Å². The van der Waals surface area contributed by atoms with E-state index in [2.05, 4.69) is 17.2 Å². The summed E-state index contributed by atoms with van der Waals surface area (Å²) in [6.07, 6.45) is 1.61. The van der Waals surface area contributed by atoms with Crippen LogP contribution < -0.4 is 5.32 Å². The van der Waals surface area contributed by atoms with E-state index in [1.54, 1.807) is 0 Å². The van der Waals surface area contributed by atoms with Gasteiger partial charge in [-0.1, -0.05) is 13.0 Å². The summed E-state index contributed by atoms with van der Waals surface area (Å²) < 4.78 is 0. The smallest absolute Gasteiger partial charge is 0.211 e. The molecule has 0 fully saturated rings. The number of aromatic nitrogens is 1. The number of pyridine rings is 1. The Bertz CT molecular complexity index is 494. The van der Waals surface area contributed by atoms with Crippen LogP contribution in [-0.4, -0.2) is 11.4 Å². The van der Waals surface area contributed by atoms with Gasteiger partial charge in [0.25, 0.3) is 0 Å². The predicted octanol–water partition coefficient (Wildman–Crippen LogP) is 2.37. The second-order valence-corrected chi connectivity index (χ2v) is 3.33. The second-order valence-electron chi connectivity index (χ2n) is 3.33. The van der Waals surface area contributed by atoms with Crippen molar-refractivity contribution in [1.29, 1.82) is 0 Å². The molecule has 0 aliphatic heterocycles. The van der Waals surface area contributed by atoms with Crippen molar-refractivity contribution in [3.05, 3.63) is 36.0 Å². The van der Waals surface area contributed by atoms with Gasteiger partial charge >= 0.3 is 0 Å². The van der Waals surface area contributed by atoms with Gasteiger partial charge in [-0.25, -0.2) is 0 Å². The number of fused-ring (bicyclic) bond motifs is 1. The summed E-state index contributed by atoms with van der Waals surface area (Å²) in [5, 5.41) is 3.66. The van der Waals surface area contributed by atoms with E-state index in [-0.39, 0.29) is 0 Å². The molecule has 0 saturated carbocycles. The maximum absolute atomic E-state index is 10.3. The van der Waals surface area contributed by atoms with Crippen molar-refractivity contribution < 1.29 is 4.79 Å². The first-order valence-electron chi connectivity index (χ1n) is 4.93. The molecule has 1 aromatic heterocycles. The van der Waals surface area contributed by atoms with Crippen molar-refractivity contribution in [1.82, 2.24) is 4.98 Å². The molecule has 0 bridgehead atoms. The molecule has 1 aromatic carbocycles. The van der Waals surface area contributed by atoms with Crippen molar-refractivity contribution >= 4 is 23.0 Å². The Balaban J connectivity index is 2.49. The number of hydrogen-bond acceptors (Lipinski definition) is 2. The van der Waals surface area contributed by atoms with E-state index < -0.39 is 0 Å². The molecule has 15 heavy (non-hydrogen) atoms. The number of benzene rings is 1. The summed E-state index contributed by atoms with van der Waals surface area (Å²) in [6.45, 7) is 2.08. The minimum absolute atomic E-state index is 0.676. The fourth-order valence-electron chi connectivity index (χ4n) is 1.52. The van der Waals surface area contributed by atoms with Crippen LogP contribution in [0.3, 0.4) is 0 Å². The third-order valence-electron chi connectivity index (χ3n) is 2.33. The fraction of sp³-hybridized carbons (Fsp3) is 0.167. The molecule has 0 unspecified atom stereocenters. The van der Waals surface area contributed by atoms with Gasteiger partial charge in [0.15, 0.2) is 0 Å². The highest BCUT2D eigenvalue weighted by Gasteiger charge is 1.98. The molecule has 1 heterocycles. The van der Waals surface area contributed by atoms with E-state index in [4.69, 9.17) is 0 Å². The lowest BCUT2D eigenvalue weighted by atomic mass is 10.1. The topological polar surface area (TPSA) is 42.0 Å². The fourth-order valence-corrected chi connectivity index (χ4v) is 1.52. The maximum atomic E-state index is 10.3. The van der Waals surface area contributed by atoms with Crippen molar-refractivity contribution in [3.8, 4) is 0 Å². The average Bonchev–Trinajstić information content (AvgIpc) is 2.29. The molecule has 2 rings (SSSR count). The van der Waals surface area contributed by atoms with Gasteiger partial charge in [0.1, 0.15) is 0 Å². The van der Waals surface area contributed by atoms with Crippen molar-refractivity contribution in [3.63, 3.8) is 0 Å². The van der Waals surface area contributed by atoms with Crippen LogP contribution in [-0.2, 0) is 11.2 Å². The molecule has 1 N–H and O–H groups in total. The molecule has 0 atom stereocenters. The number of carbonyl (C=O) groups excluding carboxylic acids is 1. The van der Waals surface area contributed by atoms with Crippen LogP contribution in [0.5, 0.6) is 0 Å². The summed E-state index contributed by atoms with van der Waals surface area (Å²) in [4.78, 5) is 14.8. The molecule has 0 spiro atoms. The Morgan fingerprint density at radius 1 is 1.33 bits per heavy atom. The highest BCUT2D eigenvalue weighted by molar-refractivity contribution is 5.85. The van der Waals surface area contributed by atoms with Crippen molar-refractivity contribution in [2.75, 3.05) is 5.32 Å². The Labute approximate surface area is 88.1 Å². The Kier molecular flexibility index (Phi) is 2.63. The summed E-state index contributed by atoms with van der Waals surface area (Å²) in [6, 6.07) is 9.71. The summed E-state index contributed by atoms with van der Waals surface area (Å²) in [5.74, 6) is 0. The minimum atomic E-state index is 0.676. The average molecular weight is 200 g/mol. The molecular weight excluding hydrogens is 188 g/mol. The van der Waals surface area contributed by atoms with Gasteiger partial charge in [-0.3, -0.25) is 9.78 Å². The van der Waals surface area contributed by atoms with Gasteiger partial charge in [-0.05, 0) is 30.7 Å². The maximum Gasteiger partial charge on any atom is 0.211 e. The molecule has 0 aliphatic carbocycles. The zero-order chi connectivity index (χ0) is 10.7. The number of rotatable bonds is 3. The van der Waals surface area contributed by atoms with Crippen LogP contribution in [0.25, 0.3) is 10.9 Å². The Morgan fingerprint density at radius 2 is 2.20 bits per heavy atom. The summed E-state index contributed by atoms with van der Waals surface area (Å²) in [7, 11) is 0. The van der Waals surface area contributed by atoms with Crippen molar-refractivity contribution in [2.24, 2.45) is 0 Å². The second kappa shape index (κ2) is 4.09. The van der Waals surface area contributed by atoms with Crippen LogP contribution >= 0.6 is 0 Å².